The van der Waals surface area contributed by atoms with Crippen LogP contribution in [0.25, 0.3) is 0 Å². The number of hydrogen-bond donors (Lipinski definition) is 1. The number of esters is 1. The molecule has 1 unspecified atom stereocenters. The zero-order chi connectivity index (χ0) is 22.8. The summed E-state index contributed by atoms with van der Waals surface area (Å²) in [5, 5.41) is 13.4. The molecule has 164 valence electrons. The monoisotopic (exact) mass is 444 g/mol. The maximum atomic E-state index is 13.0. The normalized spacial score (nSPS) is 12.5. The van der Waals surface area contributed by atoms with E-state index in [1.165, 1.54) is 38.3 Å². The lowest BCUT2D eigenvalue weighted by atomic mass is 9.99. The van der Waals surface area contributed by atoms with Crippen molar-refractivity contribution in [3.63, 3.8) is 0 Å². The van der Waals surface area contributed by atoms with Crippen molar-refractivity contribution in [2.75, 3.05) is 12.9 Å². The van der Waals surface area contributed by atoms with Crippen molar-refractivity contribution in [1.82, 2.24) is 5.32 Å². The molecule has 0 radical (unpaired) electrons. The number of hydrogen-bond acceptors (Lipinski definition) is 7. The molecule has 0 spiro atoms. The van der Waals surface area contributed by atoms with Crippen LogP contribution in [0.1, 0.15) is 18.1 Å². The number of rotatable bonds is 10. The minimum atomic E-state index is -0.959. The molecular weight excluding hydrogens is 420 g/mol. The molecule has 0 aliphatic heterocycles. The summed E-state index contributed by atoms with van der Waals surface area (Å²) < 4.78 is 4.82. The molecule has 0 fully saturated rings. The Hall–Kier alpha value is -3.20. The fourth-order valence-electron chi connectivity index (χ4n) is 2.96. The SMILES string of the molecule is COC(=O)C(Cc1ccc([N+](=O)[O-])cc1)NC(=O)[C@@H](CSC(C)=O)Cc1ccccc1. The number of nitro groups is 1. The third-order valence-corrected chi connectivity index (χ3v) is 5.55. The number of nitro benzene ring substituents is 1. The maximum Gasteiger partial charge on any atom is 0.328 e. The third kappa shape index (κ3) is 7.86. The summed E-state index contributed by atoms with van der Waals surface area (Å²) in [4.78, 5) is 47.0. The van der Waals surface area contributed by atoms with Crippen molar-refractivity contribution in [2.24, 2.45) is 5.92 Å². The number of thioether (sulfide) groups is 1. The predicted octanol–water partition coefficient (Wildman–Crippen LogP) is 2.93. The molecule has 0 aromatic heterocycles. The van der Waals surface area contributed by atoms with Crippen LogP contribution in [0.4, 0.5) is 5.69 Å². The molecule has 2 aromatic rings. The van der Waals surface area contributed by atoms with Crippen LogP contribution in [-0.4, -0.2) is 40.8 Å². The molecule has 2 atom stereocenters. The Morgan fingerprint density at radius 3 is 2.19 bits per heavy atom. The van der Waals surface area contributed by atoms with Gasteiger partial charge in [0, 0.05) is 31.2 Å². The van der Waals surface area contributed by atoms with Gasteiger partial charge in [-0.1, -0.05) is 54.2 Å². The van der Waals surface area contributed by atoms with Crippen LogP contribution in [-0.2, 0) is 32.0 Å². The number of nitrogens with one attached hydrogen (secondary N) is 1. The quantitative estimate of drug-likeness (QED) is 0.340. The van der Waals surface area contributed by atoms with E-state index in [2.05, 4.69) is 5.32 Å². The van der Waals surface area contributed by atoms with Gasteiger partial charge in [-0.25, -0.2) is 4.79 Å². The van der Waals surface area contributed by atoms with E-state index in [1.54, 1.807) is 0 Å². The highest BCUT2D eigenvalue weighted by Gasteiger charge is 2.27. The lowest BCUT2D eigenvalue weighted by molar-refractivity contribution is -0.384. The summed E-state index contributed by atoms with van der Waals surface area (Å²) in [6.07, 6.45) is 0.534. The number of ether oxygens (including phenoxy) is 1. The second kappa shape index (κ2) is 11.8. The van der Waals surface area contributed by atoms with Gasteiger partial charge in [-0.3, -0.25) is 19.7 Å². The first-order chi connectivity index (χ1) is 14.8. The zero-order valence-corrected chi connectivity index (χ0v) is 18.1. The maximum absolute atomic E-state index is 13.0. The molecule has 2 aromatic carbocycles. The molecule has 0 heterocycles. The van der Waals surface area contributed by atoms with E-state index in [0.29, 0.717) is 12.0 Å². The second-order valence-corrected chi connectivity index (χ2v) is 8.10. The van der Waals surface area contributed by atoms with Gasteiger partial charge in [0.25, 0.3) is 5.69 Å². The third-order valence-electron chi connectivity index (χ3n) is 4.57. The Balaban J connectivity index is 2.15. The Kier molecular flexibility index (Phi) is 9.20. The van der Waals surface area contributed by atoms with Crippen LogP contribution >= 0.6 is 11.8 Å². The molecule has 0 bridgehead atoms. The van der Waals surface area contributed by atoms with Gasteiger partial charge in [0.2, 0.25) is 5.91 Å². The Bertz CT molecular complexity index is 917. The van der Waals surface area contributed by atoms with Crippen molar-refractivity contribution in [1.29, 1.82) is 0 Å². The molecule has 8 nitrogen and oxygen atoms in total. The molecule has 2 rings (SSSR count). The van der Waals surface area contributed by atoms with Gasteiger partial charge in [0.1, 0.15) is 6.04 Å². The standard InChI is InChI=1S/C22H24N2O6S/c1-15(25)31-14-18(12-16-6-4-3-5-7-16)21(26)23-20(22(27)30-2)13-17-8-10-19(11-9-17)24(28)29/h3-11,18,20H,12-14H2,1-2H3,(H,23,26)/t18-,20?/m1/s1. The summed E-state index contributed by atoms with van der Waals surface area (Å²) in [6, 6.07) is 14.2. The van der Waals surface area contributed by atoms with Crippen LogP contribution in [0, 0.1) is 16.0 Å². The molecule has 0 aliphatic rings. The summed E-state index contributed by atoms with van der Waals surface area (Å²) >= 11 is 1.06. The Morgan fingerprint density at radius 2 is 1.65 bits per heavy atom. The summed E-state index contributed by atoms with van der Waals surface area (Å²) in [5.41, 5.74) is 1.52. The van der Waals surface area contributed by atoms with Crippen molar-refractivity contribution >= 4 is 34.4 Å². The summed E-state index contributed by atoms with van der Waals surface area (Å²) in [7, 11) is 1.23. The largest absolute Gasteiger partial charge is 0.467 e. The topological polar surface area (TPSA) is 116 Å². The van der Waals surface area contributed by atoms with Crippen LogP contribution in [0.15, 0.2) is 54.6 Å². The molecule has 31 heavy (non-hydrogen) atoms. The molecule has 1 amide bonds. The van der Waals surface area contributed by atoms with Gasteiger partial charge in [-0.15, -0.1) is 0 Å². The molecule has 0 aliphatic carbocycles. The average Bonchev–Trinajstić information content (AvgIpc) is 2.76. The lowest BCUT2D eigenvalue weighted by Crippen LogP contribution is -2.46. The predicted molar refractivity (Wildman–Crippen MR) is 118 cm³/mol. The van der Waals surface area contributed by atoms with Crippen LogP contribution in [0.3, 0.4) is 0 Å². The lowest BCUT2D eigenvalue weighted by Gasteiger charge is -2.21. The van der Waals surface area contributed by atoms with Crippen molar-refractivity contribution in [2.45, 2.75) is 25.8 Å². The fourth-order valence-corrected chi connectivity index (χ4v) is 3.66. The average molecular weight is 445 g/mol. The number of methoxy groups -OCH3 is 1. The number of amides is 1. The first-order valence-electron chi connectivity index (χ1n) is 9.59. The minimum Gasteiger partial charge on any atom is -0.467 e. The van der Waals surface area contributed by atoms with E-state index < -0.39 is 22.9 Å². The Labute approximate surface area is 184 Å². The van der Waals surface area contributed by atoms with E-state index in [4.69, 9.17) is 4.74 Å². The van der Waals surface area contributed by atoms with Gasteiger partial charge in [-0.05, 0) is 17.5 Å². The Morgan fingerprint density at radius 1 is 1.03 bits per heavy atom. The molecular formula is C22H24N2O6S. The summed E-state index contributed by atoms with van der Waals surface area (Å²) in [5.74, 6) is -1.23. The molecule has 0 saturated heterocycles. The van der Waals surface area contributed by atoms with Gasteiger partial charge in [0.05, 0.1) is 18.0 Å². The van der Waals surface area contributed by atoms with Gasteiger partial charge in [0.15, 0.2) is 5.12 Å². The van der Waals surface area contributed by atoms with E-state index in [0.717, 1.165) is 17.3 Å². The number of carbonyl (C=O) groups is 3. The highest BCUT2D eigenvalue weighted by molar-refractivity contribution is 8.13. The number of nitrogens with zero attached hydrogens (tertiary/aromatic N) is 1. The fraction of sp³-hybridized carbons (Fsp3) is 0.318. The van der Waals surface area contributed by atoms with Crippen molar-refractivity contribution < 1.29 is 24.0 Å². The highest BCUT2D eigenvalue weighted by atomic mass is 32.2. The molecule has 9 heteroatoms. The van der Waals surface area contributed by atoms with Crippen LogP contribution in [0.2, 0.25) is 0 Å². The summed E-state index contributed by atoms with van der Waals surface area (Å²) in [6.45, 7) is 1.44. The van der Waals surface area contributed by atoms with Crippen molar-refractivity contribution in [3.05, 3.63) is 75.8 Å². The van der Waals surface area contributed by atoms with Gasteiger partial charge >= 0.3 is 5.97 Å². The first kappa shape index (κ1) is 24.1. The van der Waals surface area contributed by atoms with Crippen LogP contribution in [0.5, 0.6) is 0 Å². The van der Waals surface area contributed by atoms with Gasteiger partial charge < -0.3 is 10.1 Å². The zero-order valence-electron chi connectivity index (χ0n) is 17.3. The van der Waals surface area contributed by atoms with E-state index >= 15 is 0 Å². The van der Waals surface area contributed by atoms with Crippen molar-refractivity contribution in [3.8, 4) is 0 Å². The van der Waals surface area contributed by atoms with E-state index in [-0.39, 0.29) is 28.9 Å². The number of benzene rings is 2. The minimum absolute atomic E-state index is 0.0633. The van der Waals surface area contributed by atoms with E-state index in [1.807, 2.05) is 30.3 Å². The highest BCUT2D eigenvalue weighted by Crippen LogP contribution is 2.18. The first-order valence-corrected chi connectivity index (χ1v) is 10.6. The smallest absolute Gasteiger partial charge is 0.328 e. The van der Waals surface area contributed by atoms with Gasteiger partial charge in [-0.2, -0.15) is 0 Å². The number of non-ortho nitro benzene ring substituents is 1. The second-order valence-electron chi connectivity index (χ2n) is 6.90. The number of carbonyl (C=O) groups excluding carboxylic acids is 3. The van der Waals surface area contributed by atoms with E-state index in [9.17, 15) is 24.5 Å². The van der Waals surface area contributed by atoms with Crippen LogP contribution < -0.4 is 5.32 Å². The molecule has 0 saturated carbocycles. The molecule has 1 N–H and O–H groups in total.